The van der Waals surface area contributed by atoms with Crippen molar-refractivity contribution in [1.82, 2.24) is 0 Å². The first-order valence-corrected chi connectivity index (χ1v) is 13.3. The first kappa shape index (κ1) is 27.7. The Morgan fingerprint density at radius 3 is 2.03 bits per heavy atom. The Morgan fingerprint density at radius 1 is 0.970 bits per heavy atom. The molecule has 0 bridgehead atoms. The molecule has 0 amide bonds. The Balaban J connectivity index is 2.31. The molecule has 2 aromatic rings. The zero-order valence-electron chi connectivity index (χ0n) is 21.4. The predicted octanol–water partition coefficient (Wildman–Crippen LogP) is 5.23. The lowest BCUT2D eigenvalue weighted by Gasteiger charge is -2.34. The van der Waals surface area contributed by atoms with Gasteiger partial charge in [0.2, 0.25) is 0 Å². The van der Waals surface area contributed by atoms with Crippen molar-refractivity contribution >= 4 is 11.2 Å². The second-order valence-electron chi connectivity index (χ2n) is 9.97. The summed E-state index contributed by atoms with van der Waals surface area (Å²) in [5.41, 5.74) is 5.97. The molecule has 4 nitrogen and oxygen atoms in total. The molecule has 0 aliphatic heterocycles. The Morgan fingerprint density at radius 2 is 1.55 bits per heavy atom. The summed E-state index contributed by atoms with van der Waals surface area (Å²) in [6.07, 6.45) is 1.89. The Kier molecular flexibility index (Phi) is 9.86. The highest BCUT2D eigenvalue weighted by molar-refractivity contribution is 7.92. The molecule has 0 saturated heterocycles. The minimum absolute atomic E-state index is 0.0735. The minimum atomic E-state index is -0.878. The molecule has 2 aromatic carbocycles. The second-order valence-corrected chi connectivity index (χ2v) is 12.3. The van der Waals surface area contributed by atoms with Crippen LogP contribution in [0.1, 0.15) is 75.3 Å². The van der Waals surface area contributed by atoms with Crippen molar-refractivity contribution < 1.29 is 19.5 Å². The van der Waals surface area contributed by atoms with Gasteiger partial charge in [-0.2, -0.15) is 0 Å². The fourth-order valence-corrected chi connectivity index (χ4v) is 5.38. The summed E-state index contributed by atoms with van der Waals surface area (Å²) < 4.78 is 18.0. The van der Waals surface area contributed by atoms with Gasteiger partial charge >= 0.3 is 0 Å². The van der Waals surface area contributed by atoms with E-state index in [2.05, 4.69) is 51.1 Å². The molecule has 0 aliphatic rings. The number of ether oxygens (including phenoxy) is 1. The van der Waals surface area contributed by atoms with Crippen LogP contribution in [0.25, 0.3) is 0 Å². The van der Waals surface area contributed by atoms with E-state index in [1.54, 1.807) is 0 Å². The summed E-state index contributed by atoms with van der Waals surface area (Å²) in [7, 11) is 0. The molecular weight excluding hydrogens is 432 g/mol. The van der Waals surface area contributed by atoms with Crippen LogP contribution in [0.15, 0.2) is 36.4 Å². The molecule has 0 spiro atoms. The Labute approximate surface area is 203 Å². The fraction of sp³-hybridized carbons (Fsp3) is 0.571. The summed E-state index contributed by atoms with van der Waals surface area (Å²) in [5, 5.41) is 18.6. The van der Waals surface area contributed by atoms with Crippen molar-refractivity contribution in [3.05, 3.63) is 64.2 Å². The van der Waals surface area contributed by atoms with Gasteiger partial charge in [-0.1, -0.05) is 44.2 Å². The van der Waals surface area contributed by atoms with Crippen LogP contribution < -0.4 is 4.74 Å². The lowest BCUT2D eigenvalue weighted by Crippen LogP contribution is -2.31. The number of hydrogen-bond acceptors (Lipinski definition) is 4. The SMILES string of the molecule is CCC(CC)(c1ccc(CC[S+]([O-])C(C)(C)C)c(C)c1)c1ccc(OC[C@@H](O)CO)c(C)c1. The summed E-state index contributed by atoms with van der Waals surface area (Å²) in [6.45, 7) is 14.5. The molecular formula is C28H42O4S. The van der Waals surface area contributed by atoms with E-state index in [1.807, 2.05) is 33.8 Å². The summed E-state index contributed by atoms with van der Waals surface area (Å²) in [4.78, 5) is 0. The van der Waals surface area contributed by atoms with Crippen LogP contribution in [0.2, 0.25) is 0 Å². The van der Waals surface area contributed by atoms with E-state index < -0.39 is 17.3 Å². The maximum atomic E-state index is 12.5. The van der Waals surface area contributed by atoms with Gasteiger partial charge in [-0.25, -0.2) is 0 Å². The van der Waals surface area contributed by atoms with E-state index in [-0.39, 0.29) is 23.4 Å². The smallest absolute Gasteiger partial charge is 0.122 e. The zero-order chi connectivity index (χ0) is 24.8. The van der Waals surface area contributed by atoms with Crippen LogP contribution >= 0.6 is 0 Å². The molecule has 1 unspecified atom stereocenters. The van der Waals surface area contributed by atoms with Gasteiger partial charge in [0.05, 0.1) is 6.61 Å². The standard InChI is InChI=1S/C28H42O4S/c1-8-28(9-2,24-12-13-26(21(4)17-24)32-19-25(30)18-29)23-11-10-22(20(3)16-23)14-15-33(31)27(5,6)7/h10-13,16-17,25,29-30H,8-9,14-15,18-19H2,1-7H3/t25-,33?/m0/s1. The van der Waals surface area contributed by atoms with Crippen LogP contribution in [0.3, 0.4) is 0 Å². The maximum Gasteiger partial charge on any atom is 0.122 e. The van der Waals surface area contributed by atoms with Gasteiger partial charge in [0.15, 0.2) is 0 Å². The number of aryl methyl sites for hydroxylation is 3. The van der Waals surface area contributed by atoms with Gasteiger partial charge in [-0.05, 0) is 92.5 Å². The average Bonchev–Trinajstić information content (AvgIpc) is 2.78. The van der Waals surface area contributed by atoms with Crippen molar-refractivity contribution in [3.63, 3.8) is 0 Å². The highest BCUT2D eigenvalue weighted by Crippen LogP contribution is 2.41. The first-order chi connectivity index (χ1) is 15.5. The Bertz CT molecular complexity index is 899. The van der Waals surface area contributed by atoms with Gasteiger partial charge in [-0.15, -0.1) is 0 Å². The number of rotatable bonds is 11. The molecule has 2 atom stereocenters. The highest BCUT2D eigenvalue weighted by atomic mass is 32.2. The van der Waals surface area contributed by atoms with Crippen molar-refractivity contribution in [3.8, 4) is 5.75 Å². The third-order valence-electron chi connectivity index (χ3n) is 6.71. The van der Waals surface area contributed by atoms with Crippen molar-refractivity contribution in [2.45, 2.75) is 84.0 Å². The number of aliphatic hydroxyl groups is 2. The van der Waals surface area contributed by atoms with Crippen LogP contribution in [-0.4, -0.2) is 44.6 Å². The molecule has 2 rings (SSSR count). The van der Waals surface area contributed by atoms with Crippen molar-refractivity contribution in [2.75, 3.05) is 19.0 Å². The topological polar surface area (TPSA) is 72.8 Å². The van der Waals surface area contributed by atoms with E-state index in [4.69, 9.17) is 9.84 Å². The number of aliphatic hydroxyl groups excluding tert-OH is 2. The van der Waals surface area contributed by atoms with Crippen LogP contribution in [-0.2, 0) is 23.0 Å². The number of hydrogen-bond donors (Lipinski definition) is 2. The van der Waals surface area contributed by atoms with Gasteiger partial charge < -0.3 is 19.5 Å². The van der Waals surface area contributed by atoms with E-state index in [1.165, 1.54) is 22.3 Å². The van der Waals surface area contributed by atoms with Gasteiger partial charge in [-0.3, -0.25) is 0 Å². The third-order valence-corrected chi connectivity index (χ3v) is 8.65. The average molecular weight is 475 g/mol. The highest BCUT2D eigenvalue weighted by Gasteiger charge is 2.32. The third kappa shape index (κ3) is 6.75. The second kappa shape index (κ2) is 11.7. The normalized spacial score (nSPS) is 14.2. The molecule has 0 heterocycles. The molecule has 5 heteroatoms. The minimum Gasteiger partial charge on any atom is -0.616 e. The van der Waals surface area contributed by atoms with Gasteiger partial charge in [0, 0.05) is 11.8 Å². The monoisotopic (exact) mass is 474 g/mol. The molecule has 0 saturated carbocycles. The van der Waals surface area contributed by atoms with Crippen LogP contribution in [0, 0.1) is 13.8 Å². The summed E-state index contributed by atoms with van der Waals surface area (Å²) in [6, 6.07) is 13.0. The van der Waals surface area contributed by atoms with E-state index in [0.717, 1.165) is 30.6 Å². The van der Waals surface area contributed by atoms with E-state index >= 15 is 0 Å². The van der Waals surface area contributed by atoms with Gasteiger partial charge in [0.25, 0.3) is 0 Å². The van der Waals surface area contributed by atoms with Crippen molar-refractivity contribution in [2.24, 2.45) is 0 Å². The van der Waals surface area contributed by atoms with Gasteiger partial charge in [0.1, 0.15) is 29.0 Å². The lowest BCUT2D eigenvalue weighted by atomic mass is 9.70. The lowest BCUT2D eigenvalue weighted by molar-refractivity contribution is 0.0534. The predicted molar refractivity (Wildman–Crippen MR) is 139 cm³/mol. The molecule has 0 aromatic heterocycles. The van der Waals surface area contributed by atoms with Crippen molar-refractivity contribution in [1.29, 1.82) is 0 Å². The fourth-order valence-electron chi connectivity index (χ4n) is 4.36. The van der Waals surface area contributed by atoms with E-state index in [9.17, 15) is 9.66 Å². The zero-order valence-corrected chi connectivity index (χ0v) is 22.2. The number of benzene rings is 2. The molecule has 0 aliphatic carbocycles. The van der Waals surface area contributed by atoms with E-state index in [0.29, 0.717) is 5.75 Å². The van der Waals surface area contributed by atoms with Crippen LogP contribution in [0.5, 0.6) is 5.75 Å². The summed E-state index contributed by atoms with van der Waals surface area (Å²) in [5.74, 6) is 1.41. The molecule has 33 heavy (non-hydrogen) atoms. The molecule has 2 N–H and O–H groups in total. The quantitative estimate of drug-likeness (QED) is 0.437. The molecule has 0 fully saturated rings. The molecule has 184 valence electrons. The largest absolute Gasteiger partial charge is 0.616 e. The Hall–Kier alpha value is -1.53. The first-order valence-electron chi connectivity index (χ1n) is 12.0. The van der Waals surface area contributed by atoms with Crippen LogP contribution in [0.4, 0.5) is 0 Å². The molecule has 0 radical (unpaired) electrons. The maximum absolute atomic E-state index is 12.5. The summed E-state index contributed by atoms with van der Waals surface area (Å²) >= 11 is -0.853.